The first kappa shape index (κ1) is 16.7. The Morgan fingerprint density at radius 2 is 1.48 bits per heavy atom. The Bertz CT molecular complexity index is 664. The predicted octanol–water partition coefficient (Wildman–Crippen LogP) is 4.31. The molecule has 4 nitrogen and oxygen atoms in total. The lowest BCUT2D eigenvalue weighted by Gasteiger charge is -2.15. The summed E-state index contributed by atoms with van der Waals surface area (Å²) in [6.07, 6.45) is 1.56. The minimum atomic E-state index is -0.239. The monoisotopic (exact) mass is 310 g/mol. The van der Waals surface area contributed by atoms with Gasteiger partial charge in [0.25, 0.3) is 5.91 Å². The molecule has 0 aliphatic rings. The van der Waals surface area contributed by atoms with Gasteiger partial charge in [-0.15, -0.1) is 0 Å². The summed E-state index contributed by atoms with van der Waals surface area (Å²) in [5, 5.41) is 5.72. The van der Waals surface area contributed by atoms with Gasteiger partial charge in [-0.3, -0.25) is 9.59 Å². The van der Waals surface area contributed by atoms with E-state index in [1.807, 2.05) is 50.2 Å². The van der Waals surface area contributed by atoms with Crippen molar-refractivity contribution in [2.24, 2.45) is 5.92 Å². The van der Waals surface area contributed by atoms with Gasteiger partial charge in [0, 0.05) is 11.6 Å². The summed E-state index contributed by atoms with van der Waals surface area (Å²) in [6.45, 7) is 3.98. The van der Waals surface area contributed by atoms with Gasteiger partial charge in [0.1, 0.15) is 0 Å². The first-order valence-corrected chi connectivity index (χ1v) is 7.92. The zero-order valence-corrected chi connectivity index (χ0v) is 13.5. The van der Waals surface area contributed by atoms with Crippen LogP contribution < -0.4 is 10.6 Å². The first-order chi connectivity index (χ1) is 11.2. The Morgan fingerprint density at radius 3 is 2.13 bits per heavy atom. The third-order valence-corrected chi connectivity index (χ3v) is 3.82. The molecule has 2 N–H and O–H groups in total. The highest BCUT2D eigenvalue weighted by Crippen LogP contribution is 2.19. The summed E-state index contributed by atoms with van der Waals surface area (Å²) < 4.78 is 0. The lowest BCUT2D eigenvalue weighted by atomic mass is 10.0. The molecule has 0 aliphatic heterocycles. The third-order valence-electron chi connectivity index (χ3n) is 3.82. The molecule has 23 heavy (non-hydrogen) atoms. The van der Waals surface area contributed by atoms with E-state index in [0.717, 1.165) is 18.5 Å². The summed E-state index contributed by atoms with van der Waals surface area (Å²) >= 11 is 0. The molecule has 2 rings (SSSR count). The fourth-order valence-electron chi connectivity index (χ4n) is 2.40. The number of carbonyl (C=O) groups excluding carboxylic acids is 2. The number of anilines is 2. The van der Waals surface area contributed by atoms with Gasteiger partial charge in [-0.25, -0.2) is 0 Å². The lowest BCUT2D eigenvalue weighted by Crippen LogP contribution is -2.23. The van der Waals surface area contributed by atoms with E-state index >= 15 is 0 Å². The standard InChI is InChI=1S/C19H22N2O2/c1-3-14(4-2)18(22)21-17-13-9-8-12-16(17)19(23)20-15-10-6-5-7-11-15/h5-14H,3-4H2,1-2H3,(H,20,23)(H,21,22). The fraction of sp³-hybridized carbons (Fsp3) is 0.263. The second kappa shape index (κ2) is 8.13. The molecule has 2 aromatic rings. The number of nitrogens with one attached hydrogen (secondary N) is 2. The molecule has 0 atom stereocenters. The van der Waals surface area contributed by atoms with Crippen molar-refractivity contribution < 1.29 is 9.59 Å². The molecule has 2 aromatic carbocycles. The summed E-state index contributed by atoms with van der Waals surface area (Å²) in [5.74, 6) is -0.327. The van der Waals surface area contributed by atoms with Crippen LogP contribution in [0.1, 0.15) is 37.0 Å². The number of rotatable bonds is 6. The largest absolute Gasteiger partial charge is 0.325 e. The van der Waals surface area contributed by atoms with Crippen molar-refractivity contribution in [3.63, 3.8) is 0 Å². The van der Waals surface area contributed by atoms with E-state index in [-0.39, 0.29) is 17.7 Å². The fourth-order valence-corrected chi connectivity index (χ4v) is 2.40. The van der Waals surface area contributed by atoms with Crippen LogP contribution in [0.2, 0.25) is 0 Å². The normalized spacial score (nSPS) is 10.4. The topological polar surface area (TPSA) is 58.2 Å². The molecule has 0 aliphatic carbocycles. The van der Waals surface area contributed by atoms with Gasteiger partial charge in [0.2, 0.25) is 5.91 Å². The smallest absolute Gasteiger partial charge is 0.257 e. The molecule has 0 spiro atoms. The number of hydrogen-bond donors (Lipinski definition) is 2. The van der Waals surface area contributed by atoms with Crippen molar-refractivity contribution >= 4 is 23.2 Å². The third kappa shape index (κ3) is 4.42. The minimum Gasteiger partial charge on any atom is -0.325 e. The van der Waals surface area contributed by atoms with Gasteiger partial charge >= 0.3 is 0 Å². The highest BCUT2D eigenvalue weighted by molar-refractivity contribution is 6.10. The molecule has 0 heterocycles. The number of hydrogen-bond acceptors (Lipinski definition) is 2. The molecule has 0 radical (unpaired) electrons. The van der Waals surface area contributed by atoms with E-state index in [1.54, 1.807) is 18.2 Å². The van der Waals surface area contributed by atoms with Crippen LogP contribution in [0.4, 0.5) is 11.4 Å². The van der Waals surface area contributed by atoms with Gasteiger partial charge < -0.3 is 10.6 Å². The Balaban J connectivity index is 2.17. The Morgan fingerprint density at radius 1 is 0.870 bits per heavy atom. The molecule has 4 heteroatoms. The molecule has 0 unspecified atom stereocenters. The van der Waals surface area contributed by atoms with Crippen LogP contribution in [0.15, 0.2) is 54.6 Å². The summed E-state index contributed by atoms with van der Waals surface area (Å²) in [4.78, 5) is 24.7. The maximum Gasteiger partial charge on any atom is 0.257 e. The Hall–Kier alpha value is -2.62. The van der Waals surface area contributed by atoms with Crippen LogP contribution in [0.3, 0.4) is 0 Å². The Kier molecular flexibility index (Phi) is 5.92. The van der Waals surface area contributed by atoms with Crippen LogP contribution in [-0.2, 0) is 4.79 Å². The van der Waals surface area contributed by atoms with Gasteiger partial charge in [-0.1, -0.05) is 44.2 Å². The average Bonchev–Trinajstić information content (AvgIpc) is 2.57. The van der Waals surface area contributed by atoms with Crippen molar-refractivity contribution in [2.75, 3.05) is 10.6 Å². The zero-order chi connectivity index (χ0) is 16.7. The molecule has 0 fully saturated rings. The quantitative estimate of drug-likeness (QED) is 0.835. The second-order valence-corrected chi connectivity index (χ2v) is 5.37. The lowest BCUT2D eigenvalue weighted by molar-refractivity contribution is -0.120. The van der Waals surface area contributed by atoms with Crippen molar-refractivity contribution in [1.82, 2.24) is 0 Å². The second-order valence-electron chi connectivity index (χ2n) is 5.37. The molecule has 2 amide bonds. The van der Waals surface area contributed by atoms with Crippen molar-refractivity contribution in [1.29, 1.82) is 0 Å². The zero-order valence-electron chi connectivity index (χ0n) is 13.5. The van der Waals surface area contributed by atoms with E-state index in [4.69, 9.17) is 0 Å². The first-order valence-electron chi connectivity index (χ1n) is 7.92. The van der Waals surface area contributed by atoms with Gasteiger partial charge in [0.15, 0.2) is 0 Å². The maximum absolute atomic E-state index is 12.5. The molecule has 0 bridgehead atoms. The summed E-state index contributed by atoms with van der Waals surface area (Å²) in [7, 11) is 0. The van der Waals surface area contributed by atoms with Crippen LogP contribution >= 0.6 is 0 Å². The summed E-state index contributed by atoms with van der Waals surface area (Å²) in [5.41, 5.74) is 1.71. The van der Waals surface area contributed by atoms with E-state index < -0.39 is 0 Å². The molecular weight excluding hydrogens is 288 g/mol. The van der Waals surface area contributed by atoms with Crippen LogP contribution in [0.5, 0.6) is 0 Å². The van der Waals surface area contributed by atoms with Crippen LogP contribution in [0, 0.1) is 5.92 Å². The number of benzene rings is 2. The van der Waals surface area contributed by atoms with Crippen LogP contribution in [-0.4, -0.2) is 11.8 Å². The van der Waals surface area contributed by atoms with E-state index in [0.29, 0.717) is 11.3 Å². The van der Waals surface area contributed by atoms with Crippen molar-refractivity contribution in [2.45, 2.75) is 26.7 Å². The van der Waals surface area contributed by atoms with E-state index in [1.165, 1.54) is 0 Å². The predicted molar refractivity (Wildman–Crippen MR) is 93.5 cm³/mol. The van der Waals surface area contributed by atoms with Gasteiger partial charge in [-0.05, 0) is 37.1 Å². The Labute approximate surface area is 136 Å². The highest BCUT2D eigenvalue weighted by Gasteiger charge is 2.17. The van der Waals surface area contributed by atoms with Crippen molar-refractivity contribution in [3.05, 3.63) is 60.2 Å². The van der Waals surface area contributed by atoms with Crippen molar-refractivity contribution in [3.8, 4) is 0 Å². The van der Waals surface area contributed by atoms with Crippen LogP contribution in [0.25, 0.3) is 0 Å². The number of carbonyl (C=O) groups is 2. The number of para-hydroxylation sites is 2. The molecular formula is C19H22N2O2. The number of amides is 2. The van der Waals surface area contributed by atoms with E-state index in [2.05, 4.69) is 10.6 Å². The van der Waals surface area contributed by atoms with Gasteiger partial charge in [0.05, 0.1) is 11.3 Å². The minimum absolute atomic E-state index is 0.0414. The highest BCUT2D eigenvalue weighted by atomic mass is 16.2. The van der Waals surface area contributed by atoms with E-state index in [9.17, 15) is 9.59 Å². The molecule has 120 valence electrons. The SMILES string of the molecule is CCC(CC)C(=O)Nc1ccccc1C(=O)Nc1ccccc1. The molecule has 0 aromatic heterocycles. The van der Waals surface area contributed by atoms with Gasteiger partial charge in [-0.2, -0.15) is 0 Å². The maximum atomic E-state index is 12.5. The molecule has 0 saturated heterocycles. The molecule has 0 saturated carbocycles. The summed E-state index contributed by atoms with van der Waals surface area (Å²) in [6, 6.07) is 16.3. The average molecular weight is 310 g/mol.